The van der Waals surface area contributed by atoms with Gasteiger partial charge in [0, 0.05) is 77.5 Å². The van der Waals surface area contributed by atoms with Crippen LogP contribution in [0.5, 0.6) is 5.75 Å². The molecule has 0 saturated carbocycles. The molecule has 2 atom stereocenters. The number of aromatic nitrogens is 7. The van der Waals surface area contributed by atoms with E-state index in [0.29, 0.717) is 50.0 Å². The highest BCUT2D eigenvalue weighted by atomic mass is 35.5. The number of anilines is 1. The van der Waals surface area contributed by atoms with Gasteiger partial charge in [-0.05, 0) is 94.5 Å². The summed E-state index contributed by atoms with van der Waals surface area (Å²) in [6.07, 6.45) is 5.10. The van der Waals surface area contributed by atoms with E-state index in [4.69, 9.17) is 47.6 Å². The Balaban J connectivity index is 1.16. The summed E-state index contributed by atoms with van der Waals surface area (Å²) in [6.45, 7) is 14.0. The number of para-hydroxylation sites is 1. The molecular formula is C46H50Cl2N8O4. The number of benzene rings is 3. The van der Waals surface area contributed by atoms with Gasteiger partial charge in [-0.25, -0.2) is 4.98 Å². The zero-order valence-electron chi connectivity index (χ0n) is 35.1. The number of methoxy groups -OCH3 is 1. The van der Waals surface area contributed by atoms with Gasteiger partial charge in [-0.2, -0.15) is 10.2 Å². The number of ether oxygens (including phenoxy) is 3. The molecular weight excluding hydrogens is 799 g/mol. The first kappa shape index (κ1) is 40.3. The van der Waals surface area contributed by atoms with Crippen molar-refractivity contribution in [2.24, 2.45) is 13.0 Å². The Bertz CT molecular complexity index is 2750. The average molecular weight is 850 g/mol. The molecule has 2 aliphatic heterocycles. The van der Waals surface area contributed by atoms with Gasteiger partial charge < -0.3 is 23.3 Å². The van der Waals surface area contributed by atoms with Crippen molar-refractivity contribution in [2.75, 3.05) is 38.4 Å². The van der Waals surface area contributed by atoms with Crippen LogP contribution in [0.15, 0.2) is 61.1 Å². The van der Waals surface area contributed by atoms with Crippen LogP contribution < -0.4 is 9.64 Å². The molecule has 6 heterocycles. The highest BCUT2D eigenvalue weighted by Crippen LogP contribution is 2.46. The highest BCUT2D eigenvalue weighted by Gasteiger charge is 2.42. The Hall–Kier alpha value is -5.14. The molecule has 14 heteroatoms. The lowest BCUT2D eigenvalue weighted by Gasteiger charge is -2.38. The number of halogens is 2. The van der Waals surface area contributed by atoms with Crippen LogP contribution in [0.4, 0.5) is 5.69 Å². The molecule has 9 rings (SSSR count). The number of rotatable bonds is 13. The van der Waals surface area contributed by atoms with Crippen LogP contribution in [0, 0.1) is 33.6 Å². The quantitative estimate of drug-likeness (QED) is 0.0647. The van der Waals surface area contributed by atoms with E-state index in [2.05, 4.69) is 58.3 Å². The van der Waals surface area contributed by atoms with Gasteiger partial charge in [0.1, 0.15) is 23.3 Å². The second-order valence-electron chi connectivity index (χ2n) is 16.3. The largest absolute Gasteiger partial charge is 0.494 e. The molecule has 1 saturated heterocycles. The molecule has 0 N–H and O–H groups in total. The summed E-state index contributed by atoms with van der Waals surface area (Å²) in [4.78, 5) is 22.0. The monoisotopic (exact) mass is 848 g/mol. The van der Waals surface area contributed by atoms with Crippen molar-refractivity contribution in [1.82, 2.24) is 33.7 Å². The third kappa shape index (κ3) is 6.87. The molecule has 1 amide bonds. The summed E-state index contributed by atoms with van der Waals surface area (Å²) in [5.74, 6) is 1.68. The van der Waals surface area contributed by atoms with Gasteiger partial charge in [-0.15, -0.1) is 0 Å². The Morgan fingerprint density at radius 1 is 0.983 bits per heavy atom. The third-order valence-corrected chi connectivity index (χ3v) is 13.4. The van der Waals surface area contributed by atoms with Crippen LogP contribution in [0.25, 0.3) is 44.3 Å². The third-order valence-electron chi connectivity index (χ3n) is 12.2. The van der Waals surface area contributed by atoms with Crippen molar-refractivity contribution in [3.63, 3.8) is 0 Å². The zero-order chi connectivity index (χ0) is 42.0. The fraction of sp³-hybridized carbons (Fsp3) is 0.391. The first-order valence-electron chi connectivity index (χ1n) is 20.6. The summed E-state index contributed by atoms with van der Waals surface area (Å²) in [7, 11) is 3.66. The first-order valence-corrected chi connectivity index (χ1v) is 21.4. The molecule has 12 nitrogen and oxygen atoms in total. The first-order chi connectivity index (χ1) is 28.9. The molecule has 7 aromatic rings. The molecule has 60 heavy (non-hydrogen) atoms. The average Bonchev–Trinajstić information content (AvgIpc) is 3.98. The van der Waals surface area contributed by atoms with E-state index in [1.165, 1.54) is 0 Å². The number of carbonyl (C=O) groups excluding carboxylic acids is 1. The topological polar surface area (TPSA) is 106 Å². The fourth-order valence-electron chi connectivity index (χ4n) is 9.08. The van der Waals surface area contributed by atoms with E-state index in [1.807, 2.05) is 61.6 Å². The van der Waals surface area contributed by atoms with Gasteiger partial charge in [0.25, 0.3) is 5.91 Å². The Morgan fingerprint density at radius 2 is 1.77 bits per heavy atom. The minimum Gasteiger partial charge on any atom is -0.494 e. The normalized spacial score (nSPS) is 16.9. The fourth-order valence-corrected chi connectivity index (χ4v) is 9.49. The van der Waals surface area contributed by atoms with Crippen LogP contribution >= 0.6 is 23.2 Å². The molecule has 1 unspecified atom stereocenters. The van der Waals surface area contributed by atoms with Gasteiger partial charge >= 0.3 is 0 Å². The Morgan fingerprint density at radius 3 is 2.47 bits per heavy atom. The molecule has 2 aliphatic rings. The molecule has 1 fully saturated rings. The molecule has 0 spiro atoms. The van der Waals surface area contributed by atoms with Crippen molar-refractivity contribution in [2.45, 2.75) is 72.1 Å². The molecule has 0 radical (unpaired) electrons. The number of hydrogen-bond donors (Lipinski definition) is 0. The molecule has 4 aromatic heterocycles. The standard InChI is InChI=1S/C46H50Cl2N8O4/c1-26-18-33(19-27(2)41(26)47)60-16-9-12-35-34-10-8-11-36(40-28(3)50-52(6)29(40)4)42(34)55-30(5)44(48)56(46(57)43(35)55)39-22-53(15-17-58-7)38-14-13-32(20-37(38)39)45-49-25-54(51-45)21-31-23-59-24-31/h8,10-11,13-14,18-20,22,25,30-31,44H,9,12,15-17,21,23-24H2,1-7H3/t30?,44-/m0/s1. The number of nitrogens with zero attached hydrogens (tertiary/aromatic N) is 8. The molecule has 312 valence electrons. The van der Waals surface area contributed by atoms with Crippen molar-refractivity contribution >= 4 is 56.6 Å². The van der Waals surface area contributed by atoms with Gasteiger partial charge in [-0.3, -0.25) is 19.1 Å². The van der Waals surface area contributed by atoms with E-state index >= 15 is 4.79 Å². The van der Waals surface area contributed by atoms with Gasteiger partial charge in [0.15, 0.2) is 5.82 Å². The van der Waals surface area contributed by atoms with Crippen LogP contribution in [0.2, 0.25) is 5.02 Å². The lowest BCUT2D eigenvalue weighted by molar-refractivity contribution is -0.0408. The van der Waals surface area contributed by atoms with E-state index in [1.54, 1.807) is 18.3 Å². The maximum absolute atomic E-state index is 15.6. The highest BCUT2D eigenvalue weighted by molar-refractivity contribution is 6.32. The summed E-state index contributed by atoms with van der Waals surface area (Å²) in [5, 5.41) is 12.3. The number of amides is 1. The van der Waals surface area contributed by atoms with Crippen molar-refractivity contribution in [1.29, 1.82) is 0 Å². The minimum absolute atomic E-state index is 0.156. The predicted molar refractivity (Wildman–Crippen MR) is 237 cm³/mol. The Labute approximate surface area is 359 Å². The molecule has 3 aromatic carbocycles. The zero-order valence-corrected chi connectivity index (χ0v) is 36.6. The van der Waals surface area contributed by atoms with Crippen LogP contribution in [-0.2, 0) is 36.0 Å². The predicted octanol–water partition coefficient (Wildman–Crippen LogP) is 9.23. The van der Waals surface area contributed by atoms with Crippen LogP contribution in [-0.4, -0.2) is 78.6 Å². The second-order valence-corrected chi connectivity index (χ2v) is 17.1. The summed E-state index contributed by atoms with van der Waals surface area (Å²) < 4.78 is 25.3. The molecule has 0 bridgehead atoms. The van der Waals surface area contributed by atoms with Crippen LogP contribution in [0.1, 0.15) is 58.0 Å². The van der Waals surface area contributed by atoms with E-state index in [0.717, 1.165) is 103 Å². The van der Waals surface area contributed by atoms with Gasteiger partial charge in [0.05, 0.1) is 54.9 Å². The minimum atomic E-state index is -0.718. The maximum Gasteiger partial charge on any atom is 0.276 e. The maximum atomic E-state index is 15.6. The van der Waals surface area contributed by atoms with Crippen LogP contribution in [0.3, 0.4) is 0 Å². The van der Waals surface area contributed by atoms with E-state index in [9.17, 15) is 0 Å². The lowest BCUT2D eigenvalue weighted by Crippen LogP contribution is -2.47. The lowest BCUT2D eigenvalue weighted by atomic mass is 9.98. The van der Waals surface area contributed by atoms with E-state index < -0.39 is 5.50 Å². The van der Waals surface area contributed by atoms with Gasteiger partial charge in [0.2, 0.25) is 0 Å². The number of alkyl halides is 1. The second kappa shape index (κ2) is 16.0. The van der Waals surface area contributed by atoms with Crippen molar-refractivity contribution in [3.05, 3.63) is 99.8 Å². The van der Waals surface area contributed by atoms with E-state index in [-0.39, 0.29) is 11.9 Å². The number of fused-ring (bicyclic) bond motifs is 4. The number of aryl methyl sites for hydroxylation is 5. The summed E-state index contributed by atoms with van der Waals surface area (Å²) in [6, 6.07) is 16.2. The van der Waals surface area contributed by atoms with Gasteiger partial charge in [-0.1, -0.05) is 41.4 Å². The van der Waals surface area contributed by atoms with Crippen molar-refractivity contribution in [3.8, 4) is 28.3 Å². The summed E-state index contributed by atoms with van der Waals surface area (Å²) >= 11 is 14.1. The summed E-state index contributed by atoms with van der Waals surface area (Å²) in [5.41, 5.74) is 10.4. The molecule has 0 aliphatic carbocycles. The SMILES string of the molecule is COCCn1cc(N2C(=O)c3c(CCCOc4cc(C)c(Cl)c(C)c4)c4cccc(-c5c(C)nn(C)c5C)c4n3C(C)[C@H]2Cl)c2cc(-c3ncn(CC4COC4)n3)ccc21. The number of hydrogen-bond acceptors (Lipinski definition) is 7. The number of carbonyl (C=O) groups is 1. The smallest absolute Gasteiger partial charge is 0.276 e. The Kier molecular flexibility index (Phi) is 10.8. The van der Waals surface area contributed by atoms with Crippen molar-refractivity contribution < 1.29 is 19.0 Å².